The molecule has 4 rings (SSSR count). The van der Waals surface area contributed by atoms with Crippen LogP contribution in [0.4, 0.5) is 5.69 Å². The van der Waals surface area contributed by atoms with E-state index in [1.165, 1.54) is 5.39 Å². The number of rotatable bonds is 5. The lowest BCUT2D eigenvalue weighted by Gasteiger charge is -2.25. The van der Waals surface area contributed by atoms with Crippen molar-refractivity contribution in [3.8, 4) is 0 Å². The lowest BCUT2D eigenvalue weighted by atomic mass is 10.1. The summed E-state index contributed by atoms with van der Waals surface area (Å²) >= 11 is 0. The minimum Gasteiger partial charge on any atom is -0.380 e. The maximum atomic E-state index is 5.14. The third-order valence-corrected chi connectivity index (χ3v) is 4.67. The van der Waals surface area contributed by atoms with Gasteiger partial charge in [-0.25, -0.2) is 9.67 Å². The summed E-state index contributed by atoms with van der Waals surface area (Å²) in [6.45, 7) is 3.43. The first-order valence-corrected chi connectivity index (χ1v) is 8.83. The fourth-order valence-corrected chi connectivity index (χ4v) is 3.42. The van der Waals surface area contributed by atoms with Crippen LogP contribution in [0.2, 0.25) is 0 Å². The fourth-order valence-electron chi connectivity index (χ4n) is 3.42. The molecule has 1 N–H and O–H groups in total. The van der Waals surface area contributed by atoms with Gasteiger partial charge in [0, 0.05) is 36.3 Å². The Bertz CT molecular complexity index is 889. The van der Waals surface area contributed by atoms with Crippen LogP contribution in [0.15, 0.2) is 30.3 Å². The normalized spacial score (nSPS) is 16.8. The first-order valence-electron chi connectivity index (χ1n) is 8.83. The van der Waals surface area contributed by atoms with Gasteiger partial charge in [0.15, 0.2) is 5.82 Å². The molecule has 1 unspecified atom stereocenters. The van der Waals surface area contributed by atoms with Crippen LogP contribution in [0, 0.1) is 0 Å². The summed E-state index contributed by atoms with van der Waals surface area (Å²) < 4.78 is 7.15. The van der Waals surface area contributed by atoms with Crippen LogP contribution in [0.25, 0.3) is 10.9 Å². The Kier molecular flexibility index (Phi) is 4.36. The maximum Gasteiger partial charge on any atom is 0.176 e. The Hall–Kier alpha value is -2.47. The first kappa shape index (κ1) is 16.0. The van der Waals surface area contributed by atoms with Crippen molar-refractivity contribution in [1.29, 1.82) is 0 Å². The zero-order valence-corrected chi connectivity index (χ0v) is 14.7. The van der Waals surface area contributed by atoms with Gasteiger partial charge in [-0.1, -0.05) is 25.1 Å². The summed E-state index contributed by atoms with van der Waals surface area (Å²) in [5.41, 5.74) is 3.32. The van der Waals surface area contributed by atoms with Gasteiger partial charge in [0.2, 0.25) is 0 Å². The fraction of sp³-hybridized carbons (Fsp3) is 0.421. The second-order valence-corrected chi connectivity index (χ2v) is 6.47. The van der Waals surface area contributed by atoms with Crippen LogP contribution in [0.5, 0.6) is 0 Å². The third kappa shape index (κ3) is 3.22. The van der Waals surface area contributed by atoms with E-state index < -0.39 is 0 Å². The first-order chi connectivity index (χ1) is 12.3. The highest BCUT2D eigenvalue weighted by atomic mass is 16.5. The Labute approximate surface area is 147 Å². The molecule has 1 aliphatic heterocycles. The van der Waals surface area contributed by atoms with Crippen molar-refractivity contribution >= 4 is 16.6 Å². The van der Waals surface area contributed by atoms with Gasteiger partial charge in [-0.3, -0.25) is 4.98 Å². The largest absolute Gasteiger partial charge is 0.380 e. The molecule has 3 aromatic rings. The predicted octanol–water partition coefficient (Wildman–Crippen LogP) is 2.96. The molecule has 0 bridgehead atoms. The van der Waals surface area contributed by atoms with E-state index in [0.717, 1.165) is 54.4 Å². The summed E-state index contributed by atoms with van der Waals surface area (Å²) in [4.78, 5) is 9.27. The van der Waals surface area contributed by atoms with Crippen LogP contribution < -0.4 is 5.32 Å². The molecule has 0 amide bonds. The van der Waals surface area contributed by atoms with E-state index in [0.29, 0.717) is 12.6 Å². The molecule has 6 heteroatoms. The van der Waals surface area contributed by atoms with Gasteiger partial charge in [-0.2, -0.15) is 5.10 Å². The van der Waals surface area contributed by atoms with E-state index in [1.54, 1.807) is 7.11 Å². The molecule has 6 nitrogen and oxygen atoms in total. The number of benzene rings is 1. The second kappa shape index (κ2) is 6.80. The van der Waals surface area contributed by atoms with Gasteiger partial charge < -0.3 is 10.1 Å². The van der Waals surface area contributed by atoms with Gasteiger partial charge in [0.25, 0.3) is 0 Å². The molecule has 0 spiro atoms. The van der Waals surface area contributed by atoms with Crippen LogP contribution in [-0.4, -0.2) is 32.9 Å². The lowest BCUT2D eigenvalue weighted by molar-refractivity contribution is 0.177. The minimum atomic E-state index is 0.333. The number of nitrogens with one attached hydrogen (secondary N) is 1. The molecule has 2 aromatic heterocycles. The number of aryl methyl sites for hydroxylation is 2. The number of hydrogen-bond acceptors (Lipinski definition) is 5. The van der Waals surface area contributed by atoms with Crippen molar-refractivity contribution in [3.63, 3.8) is 0 Å². The summed E-state index contributed by atoms with van der Waals surface area (Å²) in [5.74, 6) is 1.82. The third-order valence-electron chi connectivity index (χ3n) is 4.67. The Balaban J connectivity index is 1.59. The quantitative estimate of drug-likeness (QED) is 0.775. The van der Waals surface area contributed by atoms with Gasteiger partial charge in [0.05, 0.1) is 12.1 Å². The van der Waals surface area contributed by atoms with Crippen molar-refractivity contribution in [2.75, 3.05) is 12.4 Å². The van der Waals surface area contributed by atoms with Gasteiger partial charge >= 0.3 is 0 Å². The van der Waals surface area contributed by atoms with Crippen LogP contribution in [0.1, 0.15) is 30.7 Å². The summed E-state index contributed by atoms with van der Waals surface area (Å²) in [5, 5.41) is 9.45. The van der Waals surface area contributed by atoms with Crippen LogP contribution in [-0.2, 0) is 30.7 Å². The molecule has 0 saturated heterocycles. The molecule has 130 valence electrons. The highest BCUT2D eigenvalue weighted by molar-refractivity contribution is 5.91. The number of aromatic nitrogens is 4. The van der Waals surface area contributed by atoms with Crippen molar-refractivity contribution in [1.82, 2.24) is 19.7 Å². The molecule has 1 aliphatic rings. The summed E-state index contributed by atoms with van der Waals surface area (Å²) in [6.07, 6.45) is 2.90. The smallest absolute Gasteiger partial charge is 0.176 e. The van der Waals surface area contributed by atoms with E-state index in [-0.39, 0.29) is 0 Å². The van der Waals surface area contributed by atoms with E-state index in [2.05, 4.69) is 46.6 Å². The van der Waals surface area contributed by atoms with Gasteiger partial charge in [-0.05, 0) is 25.0 Å². The average molecular weight is 337 g/mol. The molecule has 0 saturated carbocycles. The molecule has 1 aromatic carbocycles. The number of nitrogens with zero attached hydrogens (tertiary/aromatic N) is 4. The Morgan fingerprint density at radius 1 is 1.28 bits per heavy atom. The van der Waals surface area contributed by atoms with Crippen LogP contribution in [0.3, 0.4) is 0 Å². The summed E-state index contributed by atoms with van der Waals surface area (Å²) in [6, 6.07) is 10.8. The zero-order chi connectivity index (χ0) is 17.2. The van der Waals surface area contributed by atoms with Crippen molar-refractivity contribution < 1.29 is 4.74 Å². The van der Waals surface area contributed by atoms with Crippen LogP contribution >= 0.6 is 0 Å². The molecular weight excluding hydrogens is 314 g/mol. The van der Waals surface area contributed by atoms with E-state index in [9.17, 15) is 0 Å². The van der Waals surface area contributed by atoms with Gasteiger partial charge in [-0.15, -0.1) is 0 Å². The monoisotopic (exact) mass is 337 g/mol. The molecular formula is C19H23N5O. The molecule has 3 heterocycles. The molecule has 0 aliphatic carbocycles. The Morgan fingerprint density at radius 2 is 2.16 bits per heavy atom. The van der Waals surface area contributed by atoms with Crippen molar-refractivity contribution in [2.24, 2.45) is 0 Å². The topological polar surface area (TPSA) is 64.9 Å². The molecule has 0 fully saturated rings. The number of methoxy groups -OCH3 is 1. The number of anilines is 1. The summed E-state index contributed by atoms with van der Waals surface area (Å²) in [7, 11) is 1.67. The van der Waals surface area contributed by atoms with E-state index in [1.807, 2.05) is 10.7 Å². The highest BCUT2D eigenvalue weighted by Crippen LogP contribution is 2.26. The second-order valence-electron chi connectivity index (χ2n) is 6.47. The SMILES string of the molecule is CCc1cc(NC2CCc3nc(COC)nn3C2)c2ccccc2n1. The standard InChI is InChI=1S/C19H23N5O/c1-3-13-10-17(15-6-4-5-7-16(15)20-13)21-14-8-9-19-22-18(12-25-2)23-24(19)11-14/h4-7,10,14H,3,8-9,11-12H2,1-2H3,(H,20,21). The molecule has 0 radical (unpaired) electrons. The predicted molar refractivity (Wildman–Crippen MR) is 97.6 cm³/mol. The molecule has 1 atom stereocenters. The number of pyridine rings is 1. The van der Waals surface area contributed by atoms with Crippen molar-refractivity contribution in [3.05, 3.63) is 47.7 Å². The number of para-hydroxylation sites is 1. The molecule has 25 heavy (non-hydrogen) atoms. The number of fused-ring (bicyclic) bond motifs is 2. The minimum absolute atomic E-state index is 0.333. The van der Waals surface area contributed by atoms with Crippen molar-refractivity contribution in [2.45, 2.75) is 45.4 Å². The zero-order valence-electron chi connectivity index (χ0n) is 14.7. The van der Waals surface area contributed by atoms with E-state index in [4.69, 9.17) is 9.72 Å². The lowest BCUT2D eigenvalue weighted by Crippen LogP contribution is -2.32. The number of ether oxygens (including phenoxy) is 1. The Morgan fingerprint density at radius 3 is 3.00 bits per heavy atom. The average Bonchev–Trinajstić information content (AvgIpc) is 3.03. The highest BCUT2D eigenvalue weighted by Gasteiger charge is 2.22. The van der Waals surface area contributed by atoms with E-state index >= 15 is 0 Å². The number of hydrogen-bond donors (Lipinski definition) is 1. The maximum absolute atomic E-state index is 5.14. The van der Waals surface area contributed by atoms with Gasteiger partial charge in [0.1, 0.15) is 12.4 Å².